The van der Waals surface area contributed by atoms with Crippen LogP contribution in [0.1, 0.15) is 20.8 Å². The zero-order chi connectivity index (χ0) is 6.50. The average molecular weight is 165 g/mol. The second-order valence-electron chi connectivity index (χ2n) is 2.07. The lowest BCUT2D eigenvalue weighted by Crippen LogP contribution is -1.97. The van der Waals surface area contributed by atoms with Gasteiger partial charge in [-0.1, -0.05) is 36.7 Å². The Bertz CT molecular complexity index is 27.9. The highest BCUT2D eigenvalue weighted by Crippen LogP contribution is 2.11. The fraction of sp³-hybridized carbons (Fsp3) is 0.667. The monoisotopic (exact) mass is 164 g/mol. The molecule has 0 aliphatic heterocycles. The van der Waals surface area contributed by atoms with Crippen LogP contribution in [-0.4, -0.2) is 4.32 Å². The quantitative estimate of drug-likeness (QED) is 0.382. The SMILES string of the molecule is C=C.CC(C)(C)Br. The molecule has 0 unspecified atom stereocenters. The van der Waals surface area contributed by atoms with Crippen molar-refractivity contribution in [3.05, 3.63) is 13.2 Å². The van der Waals surface area contributed by atoms with Crippen LogP contribution in [0.5, 0.6) is 0 Å². The Labute approximate surface area is 54.7 Å². The van der Waals surface area contributed by atoms with Gasteiger partial charge in [0.05, 0.1) is 0 Å². The van der Waals surface area contributed by atoms with Gasteiger partial charge in [-0.3, -0.25) is 0 Å². The number of halogens is 1. The first-order valence-electron chi connectivity index (χ1n) is 2.19. The van der Waals surface area contributed by atoms with Gasteiger partial charge < -0.3 is 0 Å². The van der Waals surface area contributed by atoms with Crippen molar-refractivity contribution < 1.29 is 0 Å². The maximum Gasteiger partial charge on any atom is 0.0173 e. The molecule has 0 saturated carbocycles. The molecule has 0 saturated heterocycles. The van der Waals surface area contributed by atoms with Gasteiger partial charge in [-0.2, -0.15) is 0 Å². The van der Waals surface area contributed by atoms with E-state index in [1.807, 2.05) is 0 Å². The Morgan fingerprint density at radius 1 is 1.14 bits per heavy atom. The normalized spacial score (nSPS) is 9.14. The lowest BCUT2D eigenvalue weighted by Gasteiger charge is -2.02. The first-order chi connectivity index (χ1) is 3.00. The molecule has 0 aromatic carbocycles. The van der Waals surface area contributed by atoms with Gasteiger partial charge in [-0.15, -0.1) is 13.2 Å². The van der Waals surface area contributed by atoms with E-state index in [2.05, 4.69) is 49.9 Å². The summed E-state index contributed by atoms with van der Waals surface area (Å²) in [6, 6.07) is 0. The Morgan fingerprint density at radius 3 is 1.14 bits per heavy atom. The highest BCUT2D eigenvalue weighted by atomic mass is 79.9. The lowest BCUT2D eigenvalue weighted by molar-refractivity contribution is 0.824. The van der Waals surface area contributed by atoms with Crippen LogP contribution >= 0.6 is 15.9 Å². The lowest BCUT2D eigenvalue weighted by atomic mass is 10.3. The molecule has 0 aliphatic rings. The summed E-state index contributed by atoms with van der Waals surface area (Å²) in [6.07, 6.45) is 0. The summed E-state index contributed by atoms with van der Waals surface area (Å²) < 4.78 is 0.312. The van der Waals surface area contributed by atoms with Crippen molar-refractivity contribution >= 4 is 15.9 Å². The molecule has 0 aromatic heterocycles. The van der Waals surface area contributed by atoms with Gasteiger partial charge in [0.1, 0.15) is 0 Å². The van der Waals surface area contributed by atoms with E-state index in [1.54, 1.807) is 0 Å². The molecule has 1 heteroatoms. The predicted octanol–water partition coefficient (Wildman–Crippen LogP) is 2.98. The van der Waals surface area contributed by atoms with E-state index in [0.29, 0.717) is 4.32 Å². The molecule has 0 fully saturated rings. The minimum Gasteiger partial charge on any atom is -0.106 e. The minimum absolute atomic E-state index is 0.312. The fourth-order valence-corrected chi connectivity index (χ4v) is 0. The van der Waals surface area contributed by atoms with E-state index < -0.39 is 0 Å². The summed E-state index contributed by atoms with van der Waals surface area (Å²) in [7, 11) is 0. The van der Waals surface area contributed by atoms with Crippen molar-refractivity contribution in [2.75, 3.05) is 0 Å². The summed E-state index contributed by atoms with van der Waals surface area (Å²) in [6.45, 7) is 12.3. The van der Waals surface area contributed by atoms with Crippen LogP contribution in [0.25, 0.3) is 0 Å². The Morgan fingerprint density at radius 2 is 1.14 bits per heavy atom. The first-order valence-corrected chi connectivity index (χ1v) is 2.98. The summed E-state index contributed by atoms with van der Waals surface area (Å²) in [5.41, 5.74) is 0. The van der Waals surface area contributed by atoms with Gasteiger partial charge in [-0.25, -0.2) is 0 Å². The molecular formula is C6H13Br. The van der Waals surface area contributed by atoms with Crippen LogP contribution in [0.3, 0.4) is 0 Å². The van der Waals surface area contributed by atoms with Crippen LogP contribution in [0, 0.1) is 0 Å². The molecule has 0 amide bonds. The minimum atomic E-state index is 0.312. The molecular weight excluding hydrogens is 152 g/mol. The second kappa shape index (κ2) is 4.38. The van der Waals surface area contributed by atoms with Gasteiger partial charge in [-0.05, 0) is 0 Å². The van der Waals surface area contributed by atoms with Crippen molar-refractivity contribution in [3.8, 4) is 0 Å². The maximum atomic E-state index is 3.38. The van der Waals surface area contributed by atoms with E-state index in [1.165, 1.54) is 0 Å². The highest BCUT2D eigenvalue weighted by molar-refractivity contribution is 9.10. The summed E-state index contributed by atoms with van der Waals surface area (Å²) >= 11 is 3.38. The standard InChI is InChI=1S/C4H9Br.C2H4/c1-4(2,3)5;1-2/h1-3H3;1-2H2. The summed E-state index contributed by atoms with van der Waals surface area (Å²) in [4.78, 5) is 0. The molecule has 0 nitrogen and oxygen atoms in total. The zero-order valence-electron chi connectivity index (χ0n) is 5.29. The molecule has 0 bridgehead atoms. The largest absolute Gasteiger partial charge is 0.106 e. The molecule has 0 heterocycles. The highest BCUT2D eigenvalue weighted by Gasteiger charge is 1.98. The van der Waals surface area contributed by atoms with Crippen LogP contribution in [0.2, 0.25) is 0 Å². The van der Waals surface area contributed by atoms with E-state index in [-0.39, 0.29) is 0 Å². The summed E-state index contributed by atoms with van der Waals surface area (Å²) in [5, 5.41) is 0. The third-order valence-corrected chi connectivity index (χ3v) is 0. The van der Waals surface area contributed by atoms with Crippen LogP contribution in [-0.2, 0) is 0 Å². The number of rotatable bonds is 0. The average Bonchev–Trinajstić information content (AvgIpc) is 1.36. The molecule has 44 valence electrons. The topological polar surface area (TPSA) is 0 Å². The Kier molecular flexibility index (Phi) is 6.42. The van der Waals surface area contributed by atoms with Crippen LogP contribution < -0.4 is 0 Å². The molecule has 0 radical (unpaired) electrons. The van der Waals surface area contributed by atoms with E-state index in [0.717, 1.165) is 0 Å². The van der Waals surface area contributed by atoms with Crippen molar-refractivity contribution in [1.29, 1.82) is 0 Å². The van der Waals surface area contributed by atoms with Crippen molar-refractivity contribution in [2.24, 2.45) is 0 Å². The van der Waals surface area contributed by atoms with Gasteiger partial charge in [0.2, 0.25) is 0 Å². The third-order valence-electron chi connectivity index (χ3n) is 0. The van der Waals surface area contributed by atoms with E-state index >= 15 is 0 Å². The Hall–Kier alpha value is 0.220. The molecule has 0 aliphatic carbocycles. The number of hydrogen-bond acceptors (Lipinski definition) is 0. The van der Waals surface area contributed by atoms with Gasteiger partial charge >= 0.3 is 0 Å². The number of alkyl halides is 1. The molecule has 0 N–H and O–H groups in total. The molecule has 0 atom stereocenters. The maximum absolute atomic E-state index is 3.38. The zero-order valence-corrected chi connectivity index (χ0v) is 6.88. The molecule has 0 aromatic rings. The van der Waals surface area contributed by atoms with Crippen molar-refractivity contribution in [2.45, 2.75) is 25.1 Å². The Balaban J connectivity index is 0. The van der Waals surface area contributed by atoms with Gasteiger partial charge in [0, 0.05) is 4.32 Å². The van der Waals surface area contributed by atoms with Crippen molar-refractivity contribution in [3.63, 3.8) is 0 Å². The summed E-state index contributed by atoms with van der Waals surface area (Å²) in [5.74, 6) is 0. The van der Waals surface area contributed by atoms with E-state index in [9.17, 15) is 0 Å². The third kappa shape index (κ3) is 2290. The van der Waals surface area contributed by atoms with Crippen LogP contribution in [0.4, 0.5) is 0 Å². The van der Waals surface area contributed by atoms with Gasteiger partial charge in [0.25, 0.3) is 0 Å². The number of hydrogen-bond donors (Lipinski definition) is 0. The molecule has 0 rings (SSSR count). The second-order valence-corrected chi connectivity index (χ2v) is 4.45. The smallest absolute Gasteiger partial charge is 0.0173 e. The fourth-order valence-electron chi connectivity index (χ4n) is 0. The predicted molar refractivity (Wildman–Crippen MR) is 39.9 cm³/mol. The van der Waals surface area contributed by atoms with Crippen molar-refractivity contribution in [1.82, 2.24) is 0 Å². The van der Waals surface area contributed by atoms with Gasteiger partial charge in [0.15, 0.2) is 0 Å². The van der Waals surface area contributed by atoms with E-state index in [4.69, 9.17) is 0 Å². The first kappa shape index (κ1) is 10.3. The van der Waals surface area contributed by atoms with Crippen LogP contribution in [0.15, 0.2) is 13.2 Å². The molecule has 7 heavy (non-hydrogen) atoms. The molecule has 0 spiro atoms.